The third kappa shape index (κ3) is 9.97. The summed E-state index contributed by atoms with van der Waals surface area (Å²) in [6.07, 6.45) is 29.9. The van der Waals surface area contributed by atoms with E-state index in [-0.39, 0.29) is 0 Å². The highest BCUT2D eigenvalue weighted by molar-refractivity contribution is 5.77. The molecule has 0 spiro atoms. The number of fused-ring (bicyclic) bond motifs is 3. The predicted octanol–water partition coefficient (Wildman–Crippen LogP) is 11.2. The summed E-state index contributed by atoms with van der Waals surface area (Å²) in [4.78, 5) is 0. The molecule has 0 saturated carbocycles. The van der Waals surface area contributed by atoms with Gasteiger partial charge in [0.1, 0.15) is 0 Å². The highest BCUT2D eigenvalue weighted by Gasteiger charge is 2.17. The average Bonchev–Trinajstić information content (AvgIpc) is 3.23. The highest BCUT2D eigenvalue weighted by atomic mass is 14.2. The summed E-state index contributed by atoms with van der Waals surface area (Å²) < 4.78 is 0. The van der Waals surface area contributed by atoms with E-state index < -0.39 is 0 Å². The van der Waals surface area contributed by atoms with Crippen LogP contribution in [-0.4, -0.2) is 0 Å². The van der Waals surface area contributed by atoms with E-state index in [1.807, 2.05) is 0 Å². The van der Waals surface area contributed by atoms with Gasteiger partial charge in [-0.2, -0.15) is 0 Å². The van der Waals surface area contributed by atoms with E-state index in [1.165, 1.54) is 156 Å². The fourth-order valence-electron chi connectivity index (χ4n) is 5.73. The van der Waals surface area contributed by atoms with Crippen molar-refractivity contribution in [1.82, 2.24) is 0 Å². The molecule has 0 aromatic heterocycles. The van der Waals surface area contributed by atoms with Gasteiger partial charge in [-0.25, -0.2) is 0 Å². The molecule has 0 heteroatoms. The van der Waals surface area contributed by atoms with Gasteiger partial charge in [-0.3, -0.25) is 0 Å². The zero-order chi connectivity index (χ0) is 23.7. The Morgan fingerprint density at radius 3 is 1.50 bits per heavy atom. The van der Waals surface area contributed by atoms with Crippen LogP contribution in [0.4, 0.5) is 0 Å². The van der Waals surface area contributed by atoms with Crippen LogP contribution in [-0.2, 0) is 12.8 Å². The molecule has 0 bridgehead atoms. The Hall–Kier alpha value is -1.56. The molecule has 0 unspecified atom stereocenters. The van der Waals surface area contributed by atoms with E-state index in [0.717, 1.165) is 6.42 Å². The van der Waals surface area contributed by atoms with Crippen LogP contribution in [0, 0.1) is 0 Å². The Balaban J connectivity index is 1.09. The number of unbranched alkanes of at least 4 members (excludes halogenated alkanes) is 18. The van der Waals surface area contributed by atoms with Crippen molar-refractivity contribution in [3.8, 4) is 11.1 Å². The van der Waals surface area contributed by atoms with Crippen LogP contribution in [0.5, 0.6) is 0 Å². The minimum atomic E-state index is 1.12. The topological polar surface area (TPSA) is 0 Å². The van der Waals surface area contributed by atoms with Gasteiger partial charge in [0.2, 0.25) is 0 Å². The molecule has 0 N–H and O–H groups in total. The third-order valence-electron chi connectivity index (χ3n) is 7.93. The number of aryl methyl sites for hydroxylation is 1. The van der Waals surface area contributed by atoms with Gasteiger partial charge < -0.3 is 0 Å². The molecule has 1 aliphatic carbocycles. The molecular weight excluding hydrogens is 408 g/mol. The van der Waals surface area contributed by atoms with Gasteiger partial charge in [0.15, 0.2) is 0 Å². The first kappa shape index (κ1) is 27.0. The predicted molar refractivity (Wildman–Crippen MR) is 152 cm³/mol. The first-order valence-electron chi connectivity index (χ1n) is 15.1. The first-order chi connectivity index (χ1) is 16.9. The lowest BCUT2D eigenvalue weighted by Gasteiger charge is -2.06. The van der Waals surface area contributed by atoms with Gasteiger partial charge in [-0.05, 0) is 47.1 Å². The van der Waals surface area contributed by atoms with E-state index in [0.29, 0.717) is 0 Å². The van der Waals surface area contributed by atoms with E-state index >= 15 is 0 Å². The van der Waals surface area contributed by atoms with Crippen molar-refractivity contribution >= 4 is 0 Å². The summed E-state index contributed by atoms with van der Waals surface area (Å²) in [7, 11) is 0. The molecule has 0 nitrogen and oxygen atoms in total. The molecule has 34 heavy (non-hydrogen) atoms. The average molecular weight is 461 g/mol. The smallest absolute Gasteiger partial charge is 0.00135 e. The number of benzene rings is 2. The largest absolute Gasteiger partial charge is 0.0654 e. The molecule has 1 aliphatic rings. The Kier molecular flexibility index (Phi) is 13.5. The molecule has 3 rings (SSSR count). The van der Waals surface area contributed by atoms with Crippen LogP contribution in [0.1, 0.15) is 146 Å². The van der Waals surface area contributed by atoms with Gasteiger partial charge in [0.05, 0.1) is 0 Å². The Labute approximate surface area is 212 Å². The molecule has 188 valence electrons. The van der Waals surface area contributed by atoms with Crippen molar-refractivity contribution in [2.45, 2.75) is 142 Å². The molecule has 0 atom stereocenters. The van der Waals surface area contributed by atoms with Crippen molar-refractivity contribution in [3.05, 3.63) is 59.2 Å². The van der Waals surface area contributed by atoms with Crippen LogP contribution in [0.15, 0.2) is 42.5 Å². The van der Waals surface area contributed by atoms with E-state index in [1.54, 1.807) is 0 Å². The summed E-state index contributed by atoms with van der Waals surface area (Å²) in [5.74, 6) is 0. The van der Waals surface area contributed by atoms with Crippen molar-refractivity contribution in [2.75, 3.05) is 0 Å². The normalized spacial score (nSPS) is 12.1. The van der Waals surface area contributed by atoms with Crippen LogP contribution in [0.25, 0.3) is 11.1 Å². The molecule has 2 aromatic rings. The first-order valence-corrected chi connectivity index (χ1v) is 15.1. The fraction of sp³-hybridized carbons (Fsp3) is 0.647. The van der Waals surface area contributed by atoms with Crippen molar-refractivity contribution in [2.24, 2.45) is 0 Å². The Bertz CT molecular complexity index is 786. The van der Waals surface area contributed by atoms with E-state index in [4.69, 9.17) is 0 Å². The van der Waals surface area contributed by atoms with Crippen molar-refractivity contribution in [1.29, 1.82) is 0 Å². The van der Waals surface area contributed by atoms with Gasteiger partial charge in [-0.15, -0.1) is 0 Å². The zero-order valence-corrected chi connectivity index (χ0v) is 22.4. The maximum absolute atomic E-state index is 2.47. The van der Waals surface area contributed by atoms with Crippen LogP contribution >= 0.6 is 0 Å². The summed E-state index contributed by atoms with van der Waals surface area (Å²) >= 11 is 0. The Morgan fingerprint density at radius 2 is 0.941 bits per heavy atom. The monoisotopic (exact) mass is 460 g/mol. The van der Waals surface area contributed by atoms with Crippen molar-refractivity contribution < 1.29 is 0 Å². The maximum atomic E-state index is 2.47. The SMILES string of the molecule is CCCCCCCCCCCCCCCCCCCCCc1ccc2c(c1)-c1ccccc1C2. The second-order valence-corrected chi connectivity index (χ2v) is 10.9. The summed E-state index contributed by atoms with van der Waals surface area (Å²) in [5, 5.41) is 0. The molecule has 0 fully saturated rings. The standard InChI is InChI=1S/C34H52/c1-2-3-4-5-6-7-8-9-10-11-12-13-14-15-16-17-18-19-20-23-30-26-27-32-29-31-24-21-22-25-33(31)34(32)28-30/h21-22,24-28H,2-20,23,29H2,1H3. The summed E-state index contributed by atoms with van der Waals surface area (Å²) in [5.41, 5.74) is 7.50. The van der Waals surface area contributed by atoms with Crippen LogP contribution in [0.3, 0.4) is 0 Å². The number of hydrogen-bond donors (Lipinski definition) is 0. The highest BCUT2D eigenvalue weighted by Crippen LogP contribution is 2.37. The lowest BCUT2D eigenvalue weighted by Crippen LogP contribution is -1.89. The van der Waals surface area contributed by atoms with Crippen LogP contribution in [0.2, 0.25) is 0 Å². The zero-order valence-electron chi connectivity index (χ0n) is 22.4. The van der Waals surface area contributed by atoms with E-state index in [9.17, 15) is 0 Å². The summed E-state index contributed by atoms with van der Waals surface area (Å²) in [6, 6.07) is 16.1. The molecule has 0 radical (unpaired) electrons. The second-order valence-electron chi connectivity index (χ2n) is 10.9. The lowest BCUT2D eigenvalue weighted by atomic mass is 9.99. The lowest BCUT2D eigenvalue weighted by molar-refractivity contribution is 0.523. The Morgan fingerprint density at radius 1 is 0.471 bits per heavy atom. The number of rotatable bonds is 20. The van der Waals surface area contributed by atoms with Crippen LogP contribution < -0.4 is 0 Å². The van der Waals surface area contributed by atoms with Gasteiger partial charge in [-0.1, -0.05) is 165 Å². The molecule has 0 heterocycles. The molecular formula is C34H52. The molecule has 0 aliphatic heterocycles. The fourth-order valence-corrected chi connectivity index (χ4v) is 5.73. The molecule has 0 saturated heterocycles. The maximum Gasteiger partial charge on any atom is -0.00135 e. The minimum Gasteiger partial charge on any atom is -0.0654 e. The minimum absolute atomic E-state index is 1.12. The van der Waals surface area contributed by atoms with Gasteiger partial charge in [0.25, 0.3) is 0 Å². The van der Waals surface area contributed by atoms with Gasteiger partial charge >= 0.3 is 0 Å². The van der Waals surface area contributed by atoms with Crippen molar-refractivity contribution in [3.63, 3.8) is 0 Å². The summed E-state index contributed by atoms with van der Waals surface area (Å²) in [6.45, 7) is 2.30. The van der Waals surface area contributed by atoms with E-state index in [2.05, 4.69) is 49.4 Å². The number of hydrogen-bond acceptors (Lipinski definition) is 0. The van der Waals surface area contributed by atoms with Gasteiger partial charge in [0, 0.05) is 0 Å². The third-order valence-corrected chi connectivity index (χ3v) is 7.93. The molecule has 2 aromatic carbocycles. The quantitative estimate of drug-likeness (QED) is 0.147. The second kappa shape index (κ2) is 17.0. The molecule has 0 amide bonds.